The molecular formula is C15H12BrF2NO2. The Labute approximate surface area is 129 Å². The fourth-order valence-corrected chi connectivity index (χ4v) is 2.06. The van der Waals surface area contributed by atoms with E-state index in [0.717, 1.165) is 0 Å². The highest BCUT2D eigenvalue weighted by Gasteiger charge is 2.17. The van der Waals surface area contributed by atoms with Gasteiger partial charge in [-0.15, -0.1) is 0 Å². The number of carbonyl (C=O) groups excluding carboxylic acids is 1. The van der Waals surface area contributed by atoms with Crippen molar-refractivity contribution in [1.82, 2.24) is 0 Å². The molecule has 6 heteroatoms. The fourth-order valence-electron chi connectivity index (χ4n) is 1.61. The molecule has 0 aliphatic carbocycles. The Morgan fingerprint density at radius 1 is 1.24 bits per heavy atom. The first kappa shape index (κ1) is 15.4. The minimum absolute atomic E-state index is 0.0797. The van der Waals surface area contributed by atoms with Crippen molar-refractivity contribution >= 4 is 27.5 Å². The molecule has 2 rings (SSSR count). The zero-order chi connectivity index (χ0) is 15.4. The maximum absolute atomic E-state index is 13.4. The van der Waals surface area contributed by atoms with Crippen LogP contribution >= 0.6 is 15.9 Å². The van der Waals surface area contributed by atoms with Gasteiger partial charge in [-0.25, -0.2) is 8.78 Å². The predicted molar refractivity (Wildman–Crippen MR) is 79.2 cm³/mol. The van der Waals surface area contributed by atoms with Gasteiger partial charge in [0, 0.05) is 0 Å². The molecule has 2 aromatic carbocycles. The zero-order valence-corrected chi connectivity index (χ0v) is 12.7. The molecule has 0 fully saturated rings. The molecule has 1 atom stereocenters. The number of hydrogen-bond acceptors (Lipinski definition) is 2. The SMILES string of the molecule is CC(Oc1ccc(F)cc1Br)C(=O)Nc1ccccc1F. The molecule has 3 nitrogen and oxygen atoms in total. The molecule has 0 heterocycles. The van der Waals surface area contributed by atoms with E-state index in [-0.39, 0.29) is 5.69 Å². The summed E-state index contributed by atoms with van der Waals surface area (Å²) >= 11 is 3.15. The molecule has 0 bridgehead atoms. The van der Waals surface area contributed by atoms with Crippen LogP contribution in [0.2, 0.25) is 0 Å². The molecular weight excluding hydrogens is 344 g/mol. The van der Waals surface area contributed by atoms with Crippen LogP contribution < -0.4 is 10.1 Å². The first-order chi connectivity index (χ1) is 9.97. The van der Waals surface area contributed by atoms with Crippen molar-refractivity contribution in [3.63, 3.8) is 0 Å². The molecule has 1 unspecified atom stereocenters. The fraction of sp³-hybridized carbons (Fsp3) is 0.133. The normalized spacial score (nSPS) is 11.8. The Hall–Kier alpha value is -1.95. The Bertz CT molecular complexity index is 664. The molecule has 0 aliphatic rings. The highest BCUT2D eigenvalue weighted by atomic mass is 79.9. The van der Waals surface area contributed by atoms with Crippen molar-refractivity contribution in [2.75, 3.05) is 5.32 Å². The van der Waals surface area contributed by atoms with Crippen LogP contribution in [0, 0.1) is 11.6 Å². The molecule has 0 radical (unpaired) electrons. The van der Waals surface area contributed by atoms with E-state index in [2.05, 4.69) is 21.2 Å². The molecule has 0 saturated carbocycles. The van der Waals surface area contributed by atoms with Crippen LogP contribution in [-0.4, -0.2) is 12.0 Å². The van der Waals surface area contributed by atoms with Crippen LogP contribution in [0.5, 0.6) is 5.75 Å². The van der Waals surface area contributed by atoms with Gasteiger partial charge in [-0.3, -0.25) is 4.79 Å². The third-order valence-electron chi connectivity index (χ3n) is 2.70. The highest BCUT2D eigenvalue weighted by Crippen LogP contribution is 2.26. The maximum Gasteiger partial charge on any atom is 0.265 e. The van der Waals surface area contributed by atoms with Gasteiger partial charge in [-0.1, -0.05) is 12.1 Å². The second kappa shape index (κ2) is 6.67. The molecule has 1 N–H and O–H groups in total. The second-order valence-corrected chi connectivity index (χ2v) is 5.16. The van der Waals surface area contributed by atoms with E-state index in [0.29, 0.717) is 10.2 Å². The molecule has 0 saturated heterocycles. The number of amides is 1. The van der Waals surface area contributed by atoms with E-state index in [1.807, 2.05) is 0 Å². The van der Waals surface area contributed by atoms with E-state index in [9.17, 15) is 13.6 Å². The topological polar surface area (TPSA) is 38.3 Å². The minimum atomic E-state index is -0.869. The van der Waals surface area contributed by atoms with Gasteiger partial charge in [0.05, 0.1) is 10.2 Å². The van der Waals surface area contributed by atoms with Crippen molar-refractivity contribution in [1.29, 1.82) is 0 Å². The van der Waals surface area contributed by atoms with Crippen molar-refractivity contribution in [3.05, 3.63) is 58.6 Å². The van der Waals surface area contributed by atoms with Gasteiger partial charge in [0.1, 0.15) is 17.4 Å². The van der Waals surface area contributed by atoms with Crippen LogP contribution in [0.25, 0.3) is 0 Å². The van der Waals surface area contributed by atoms with Crippen molar-refractivity contribution in [3.8, 4) is 5.75 Å². The molecule has 0 aromatic heterocycles. The van der Waals surface area contributed by atoms with Crippen LogP contribution in [-0.2, 0) is 4.79 Å². The average Bonchev–Trinajstić information content (AvgIpc) is 2.44. The number of anilines is 1. The van der Waals surface area contributed by atoms with Crippen LogP contribution in [0.15, 0.2) is 46.9 Å². The summed E-state index contributed by atoms with van der Waals surface area (Å²) in [4.78, 5) is 12.0. The highest BCUT2D eigenvalue weighted by molar-refractivity contribution is 9.10. The van der Waals surface area contributed by atoms with Crippen molar-refractivity contribution in [2.24, 2.45) is 0 Å². The lowest BCUT2D eigenvalue weighted by atomic mass is 10.2. The molecule has 1 amide bonds. The van der Waals surface area contributed by atoms with Gasteiger partial charge >= 0.3 is 0 Å². The quantitative estimate of drug-likeness (QED) is 0.895. The number of hydrogen-bond donors (Lipinski definition) is 1. The number of halogens is 3. The first-order valence-electron chi connectivity index (χ1n) is 6.14. The molecule has 0 spiro atoms. The van der Waals surface area contributed by atoms with Crippen LogP contribution in [0.1, 0.15) is 6.92 Å². The maximum atomic E-state index is 13.4. The summed E-state index contributed by atoms with van der Waals surface area (Å²) in [6, 6.07) is 9.71. The smallest absolute Gasteiger partial charge is 0.265 e. The number of benzene rings is 2. The summed E-state index contributed by atoms with van der Waals surface area (Å²) in [5.41, 5.74) is 0.0797. The Morgan fingerprint density at radius 2 is 1.95 bits per heavy atom. The van der Waals surface area contributed by atoms with E-state index in [1.165, 1.54) is 43.3 Å². The Kier molecular flexibility index (Phi) is 4.90. The van der Waals surface area contributed by atoms with E-state index in [1.54, 1.807) is 6.07 Å². The number of nitrogens with one attached hydrogen (secondary N) is 1. The lowest BCUT2D eigenvalue weighted by molar-refractivity contribution is -0.122. The number of ether oxygens (including phenoxy) is 1. The number of para-hydroxylation sites is 1. The molecule has 21 heavy (non-hydrogen) atoms. The van der Waals surface area contributed by atoms with Gasteiger partial charge in [-0.05, 0) is 53.2 Å². The largest absolute Gasteiger partial charge is 0.480 e. The summed E-state index contributed by atoms with van der Waals surface area (Å²) in [6.07, 6.45) is -0.869. The van der Waals surface area contributed by atoms with Gasteiger partial charge in [0.15, 0.2) is 6.10 Å². The predicted octanol–water partition coefficient (Wildman–Crippen LogP) is 4.13. The first-order valence-corrected chi connectivity index (χ1v) is 6.94. The lowest BCUT2D eigenvalue weighted by Crippen LogP contribution is -2.30. The van der Waals surface area contributed by atoms with Crippen molar-refractivity contribution in [2.45, 2.75) is 13.0 Å². The third kappa shape index (κ3) is 4.01. The van der Waals surface area contributed by atoms with Gasteiger partial charge in [0.25, 0.3) is 5.91 Å². The lowest BCUT2D eigenvalue weighted by Gasteiger charge is -2.16. The number of rotatable bonds is 4. The average molecular weight is 356 g/mol. The Morgan fingerprint density at radius 3 is 2.62 bits per heavy atom. The number of carbonyl (C=O) groups is 1. The molecule has 2 aromatic rings. The molecule has 110 valence electrons. The van der Waals surface area contributed by atoms with E-state index >= 15 is 0 Å². The third-order valence-corrected chi connectivity index (χ3v) is 3.32. The summed E-state index contributed by atoms with van der Waals surface area (Å²) in [7, 11) is 0. The van der Waals surface area contributed by atoms with Crippen molar-refractivity contribution < 1.29 is 18.3 Å². The second-order valence-electron chi connectivity index (χ2n) is 4.30. The standard InChI is InChI=1S/C15H12BrF2NO2/c1-9(21-14-7-6-10(17)8-11(14)16)15(20)19-13-5-3-2-4-12(13)18/h2-9H,1H3,(H,19,20). The minimum Gasteiger partial charge on any atom is -0.480 e. The van der Waals surface area contributed by atoms with E-state index in [4.69, 9.17) is 4.74 Å². The molecule has 0 aliphatic heterocycles. The van der Waals surface area contributed by atoms with E-state index < -0.39 is 23.6 Å². The summed E-state index contributed by atoms with van der Waals surface area (Å²) in [5.74, 6) is -1.12. The van der Waals surface area contributed by atoms with Gasteiger partial charge in [0.2, 0.25) is 0 Å². The van der Waals surface area contributed by atoms with Crippen LogP contribution in [0.3, 0.4) is 0 Å². The van der Waals surface area contributed by atoms with Gasteiger partial charge < -0.3 is 10.1 Å². The zero-order valence-electron chi connectivity index (χ0n) is 11.1. The summed E-state index contributed by atoms with van der Waals surface area (Å²) in [6.45, 7) is 1.52. The van der Waals surface area contributed by atoms with Crippen LogP contribution in [0.4, 0.5) is 14.5 Å². The monoisotopic (exact) mass is 355 g/mol. The summed E-state index contributed by atoms with van der Waals surface area (Å²) in [5, 5.41) is 2.43. The summed E-state index contributed by atoms with van der Waals surface area (Å²) < 4.78 is 32.2. The Balaban J connectivity index is 2.04. The van der Waals surface area contributed by atoms with Gasteiger partial charge in [-0.2, -0.15) is 0 Å².